The summed E-state index contributed by atoms with van der Waals surface area (Å²) in [5.74, 6) is -0.328. The van der Waals surface area contributed by atoms with Crippen LogP contribution in [0.2, 0.25) is 0 Å². The average molecular weight is 349 g/mol. The molecule has 0 saturated heterocycles. The molecule has 1 aromatic heterocycles. The predicted molar refractivity (Wildman–Crippen MR) is 102 cm³/mol. The molecule has 126 valence electrons. The Bertz CT molecular complexity index is 925. The van der Waals surface area contributed by atoms with Gasteiger partial charge in [0.05, 0.1) is 0 Å². The number of hydrogen-bond acceptors (Lipinski definition) is 3. The Morgan fingerprint density at radius 2 is 1.48 bits per heavy atom. The van der Waals surface area contributed by atoms with E-state index in [4.69, 9.17) is 0 Å². The van der Waals surface area contributed by atoms with Crippen molar-refractivity contribution in [1.29, 1.82) is 0 Å². The maximum absolute atomic E-state index is 13.0. The summed E-state index contributed by atoms with van der Waals surface area (Å²) in [6.45, 7) is 3.82. The Morgan fingerprint density at radius 3 is 2.08 bits per heavy atom. The molecular formula is C21H19NO2S. The minimum atomic E-state index is -0.217. The van der Waals surface area contributed by atoms with Gasteiger partial charge >= 0.3 is 0 Å². The van der Waals surface area contributed by atoms with Crippen LogP contribution in [-0.2, 0) is 0 Å². The van der Waals surface area contributed by atoms with E-state index in [9.17, 15) is 9.59 Å². The summed E-state index contributed by atoms with van der Waals surface area (Å²) in [6.07, 6.45) is 0. The van der Waals surface area contributed by atoms with Gasteiger partial charge in [-0.1, -0.05) is 54.6 Å². The Hall–Kier alpha value is -2.72. The van der Waals surface area contributed by atoms with Gasteiger partial charge in [0.1, 0.15) is 4.88 Å². The van der Waals surface area contributed by atoms with Crippen molar-refractivity contribution in [3.05, 3.63) is 81.0 Å². The Morgan fingerprint density at radius 1 is 0.880 bits per heavy atom. The van der Waals surface area contributed by atoms with Crippen LogP contribution < -0.4 is 5.32 Å². The van der Waals surface area contributed by atoms with E-state index < -0.39 is 0 Å². The molecule has 25 heavy (non-hydrogen) atoms. The van der Waals surface area contributed by atoms with Crippen LogP contribution in [0.1, 0.15) is 36.0 Å². The van der Waals surface area contributed by atoms with Crippen molar-refractivity contribution in [2.45, 2.75) is 13.8 Å². The van der Waals surface area contributed by atoms with Gasteiger partial charge in [-0.15, -0.1) is 11.3 Å². The highest BCUT2D eigenvalue weighted by atomic mass is 32.1. The summed E-state index contributed by atoms with van der Waals surface area (Å²) in [6, 6.07) is 17.6. The van der Waals surface area contributed by atoms with E-state index >= 15 is 0 Å². The summed E-state index contributed by atoms with van der Waals surface area (Å²) in [7, 11) is 1.58. The molecule has 0 aliphatic carbocycles. The zero-order valence-electron chi connectivity index (χ0n) is 14.4. The fourth-order valence-electron chi connectivity index (χ4n) is 2.76. The topological polar surface area (TPSA) is 46.2 Å². The fourth-order valence-corrected chi connectivity index (χ4v) is 3.87. The van der Waals surface area contributed by atoms with Crippen molar-refractivity contribution in [2.24, 2.45) is 0 Å². The van der Waals surface area contributed by atoms with Crippen LogP contribution in [0.15, 0.2) is 54.6 Å². The summed E-state index contributed by atoms with van der Waals surface area (Å²) >= 11 is 1.36. The molecule has 4 heteroatoms. The minimum absolute atomic E-state index is 0.111. The first-order chi connectivity index (χ1) is 12.0. The summed E-state index contributed by atoms with van der Waals surface area (Å²) < 4.78 is 0. The molecule has 0 bridgehead atoms. The molecule has 0 atom stereocenters. The van der Waals surface area contributed by atoms with Crippen LogP contribution in [-0.4, -0.2) is 18.7 Å². The first kappa shape index (κ1) is 17.1. The molecule has 0 aliphatic heterocycles. The van der Waals surface area contributed by atoms with Crippen molar-refractivity contribution in [3.63, 3.8) is 0 Å². The van der Waals surface area contributed by atoms with Crippen molar-refractivity contribution >= 4 is 23.0 Å². The van der Waals surface area contributed by atoms with Crippen molar-refractivity contribution < 1.29 is 9.59 Å². The van der Waals surface area contributed by atoms with Gasteiger partial charge in [-0.2, -0.15) is 0 Å². The number of carbonyl (C=O) groups is 2. The van der Waals surface area contributed by atoms with Crippen LogP contribution in [0.4, 0.5) is 0 Å². The summed E-state index contributed by atoms with van der Waals surface area (Å²) in [5, 5.41) is 2.62. The SMILES string of the molecule is CNC(=O)c1sc(C)c(C)c1C(=O)c1ccc(-c2ccccc2)cc1. The Balaban J connectivity index is 1.98. The monoisotopic (exact) mass is 349 g/mol. The zero-order chi connectivity index (χ0) is 18.0. The van der Waals surface area contributed by atoms with E-state index in [1.165, 1.54) is 11.3 Å². The second kappa shape index (κ2) is 7.03. The van der Waals surface area contributed by atoms with Gasteiger partial charge in [0.25, 0.3) is 5.91 Å². The second-order valence-corrected chi connectivity index (χ2v) is 7.06. The summed E-state index contributed by atoms with van der Waals surface area (Å²) in [4.78, 5) is 26.6. The van der Waals surface area contributed by atoms with E-state index in [-0.39, 0.29) is 11.7 Å². The molecule has 0 fully saturated rings. The predicted octanol–water partition coefficient (Wildman–Crippen LogP) is 4.62. The summed E-state index contributed by atoms with van der Waals surface area (Å²) in [5.41, 5.74) is 4.14. The number of nitrogens with one attached hydrogen (secondary N) is 1. The number of ketones is 1. The Kier molecular flexibility index (Phi) is 4.81. The van der Waals surface area contributed by atoms with Gasteiger partial charge in [0.15, 0.2) is 5.78 Å². The molecule has 2 aromatic carbocycles. The third kappa shape index (κ3) is 3.26. The van der Waals surface area contributed by atoms with Crippen LogP contribution >= 0.6 is 11.3 Å². The lowest BCUT2D eigenvalue weighted by Gasteiger charge is -2.06. The lowest BCUT2D eigenvalue weighted by Crippen LogP contribution is -2.19. The van der Waals surface area contributed by atoms with Crippen molar-refractivity contribution in [2.75, 3.05) is 7.05 Å². The normalized spacial score (nSPS) is 10.5. The number of benzene rings is 2. The number of amides is 1. The van der Waals surface area contributed by atoms with E-state index in [1.54, 1.807) is 7.05 Å². The van der Waals surface area contributed by atoms with Gasteiger partial charge in [-0.05, 0) is 30.5 Å². The third-order valence-corrected chi connectivity index (χ3v) is 5.51. The maximum atomic E-state index is 13.0. The molecule has 0 aliphatic rings. The van der Waals surface area contributed by atoms with Gasteiger partial charge < -0.3 is 5.32 Å². The van der Waals surface area contributed by atoms with Gasteiger partial charge in [-0.25, -0.2) is 0 Å². The highest BCUT2D eigenvalue weighted by Gasteiger charge is 2.24. The molecule has 1 heterocycles. The maximum Gasteiger partial charge on any atom is 0.261 e. The van der Waals surface area contributed by atoms with Crippen LogP contribution in [0.3, 0.4) is 0 Å². The molecule has 1 N–H and O–H groups in total. The van der Waals surface area contributed by atoms with E-state index in [0.717, 1.165) is 21.6 Å². The van der Waals surface area contributed by atoms with Gasteiger partial charge in [0.2, 0.25) is 0 Å². The molecule has 0 spiro atoms. The smallest absolute Gasteiger partial charge is 0.261 e. The van der Waals surface area contributed by atoms with E-state index in [0.29, 0.717) is 16.0 Å². The van der Waals surface area contributed by atoms with Crippen LogP contribution in [0.5, 0.6) is 0 Å². The number of hydrogen-bond donors (Lipinski definition) is 1. The molecule has 0 unspecified atom stereocenters. The number of thiophene rings is 1. The largest absolute Gasteiger partial charge is 0.354 e. The van der Waals surface area contributed by atoms with Crippen LogP contribution in [0.25, 0.3) is 11.1 Å². The van der Waals surface area contributed by atoms with E-state index in [2.05, 4.69) is 5.32 Å². The quantitative estimate of drug-likeness (QED) is 0.699. The number of aryl methyl sites for hydroxylation is 1. The van der Waals surface area contributed by atoms with E-state index in [1.807, 2.05) is 68.4 Å². The second-order valence-electron chi connectivity index (χ2n) is 5.84. The highest BCUT2D eigenvalue weighted by Crippen LogP contribution is 2.30. The van der Waals surface area contributed by atoms with Gasteiger partial charge in [0, 0.05) is 23.1 Å². The highest BCUT2D eigenvalue weighted by molar-refractivity contribution is 7.14. The molecule has 0 saturated carbocycles. The standard InChI is InChI=1S/C21H19NO2S/c1-13-14(2)25-20(21(24)22-3)18(13)19(23)17-11-9-16(10-12-17)15-7-5-4-6-8-15/h4-12H,1-3H3,(H,22,24). The van der Waals surface area contributed by atoms with Crippen molar-refractivity contribution in [1.82, 2.24) is 5.32 Å². The van der Waals surface area contributed by atoms with Crippen LogP contribution in [0, 0.1) is 13.8 Å². The van der Waals surface area contributed by atoms with Crippen molar-refractivity contribution in [3.8, 4) is 11.1 Å². The molecule has 3 aromatic rings. The molecular weight excluding hydrogens is 330 g/mol. The Labute approximate surface area is 151 Å². The fraction of sp³-hybridized carbons (Fsp3) is 0.143. The molecule has 3 nitrogen and oxygen atoms in total. The zero-order valence-corrected chi connectivity index (χ0v) is 15.2. The number of rotatable bonds is 4. The first-order valence-corrected chi connectivity index (χ1v) is 8.87. The minimum Gasteiger partial charge on any atom is -0.354 e. The lowest BCUT2D eigenvalue weighted by atomic mass is 9.97. The third-order valence-electron chi connectivity index (χ3n) is 4.30. The average Bonchev–Trinajstić information content (AvgIpc) is 2.96. The van der Waals surface area contributed by atoms with Gasteiger partial charge in [-0.3, -0.25) is 9.59 Å². The lowest BCUT2D eigenvalue weighted by molar-refractivity contribution is 0.0954. The first-order valence-electron chi connectivity index (χ1n) is 8.05. The molecule has 0 radical (unpaired) electrons. The molecule has 3 rings (SSSR count). The molecule has 1 amide bonds. The number of carbonyl (C=O) groups excluding carboxylic acids is 2.